The van der Waals surface area contributed by atoms with Gasteiger partial charge < -0.3 is 15.4 Å². The molecule has 2 N–H and O–H groups in total. The van der Waals surface area contributed by atoms with Crippen molar-refractivity contribution in [2.75, 3.05) is 19.7 Å². The van der Waals surface area contributed by atoms with E-state index >= 15 is 0 Å². The number of hydrogen-bond donors (Lipinski definition) is 2. The first kappa shape index (κ1) is 20.8. The molecule has 0 unspecified atom stereocenters. The molecule has 1 aliphatic heterocycles. The van der Waals surface area contributed by atoms with E-state index in [-0.39, 0.29) is 11.8 Å². The van der Waals surface area contributed by atoms with Crippen molar-refractivity contribution in [2.45, 2.75) is 44.6 Å². The zero-order valence-corrected chi connectivity index (χ0v) is 16.6. The van der Waals surface area contributed by atoms with Crippen LogP contribution in [0.5, 0.6) is 0 Å². The van der Waals surface area contributed by atoms with Crippen LogP contribution in [-0.2, 0) is 25.5 Å². The molecule has 1 aromatic carbocycles. The molecule has 2 atom stereocenters. The van der Waals surface area contributed by atoms with Crippen LogP contribution < -0.4 is 10.6 Å². The van der Waals surface area contributed by atoms with E-state index in [9.17, 15) is 19.2 Å². The van der Waals surface area contributed by atoms with Gasteiger partial charge in [0.25, 0.3) is 11.8 Å². The van der Waals surface area contributed by atoms with Gasteiger partial charge in [-0.2, -0.15) is 0 Å². The van der Waals surface area contributed by atoms with Gasteiger partial charge in [-0.15, -0.1) is 0 Å². The molecule has 0 aromatic heterocycles. The van der Waals surface area contributed by atoms with Gasteiger partial charge in [-0.3, -0.25) is 19.3 Å². The van der Waals surface area contributed by atoms with Gasteiger partial charge in [0, 0.05) is 6.54 Å². The summed E-state index contributed by atoms with van der Waals surface area (Å²) in [6.45, 7) is 1.43. The van der Waals surface area contributed by atoms with Crippen molar-refractivity contribution in [3.05, 3.63) is 35.9 Å². The molecule has 2 fully saturated rings. The average Bonchev–Trinajstić information content (AvgIpc) is 2.94. The van der Waals surface area contributed by atoms with Crippen LogP contribution in [0.4, 0.5) is 4.79 Å². The highest BCUT2D eigenvalue weighted by Crippen LogP contribution is 2.38. The normalized spacial score (nSPS) is 23.8. The van der Waals surface area contributed by atoms with E-state index in [4.69, 9.17) is 4.74 Å². The van der Waals surface area contributed by atoms with E-state index in [0.29, 0.717) is 19.4 Å². The van der Waals surface area contributed by atoms with E-state index in [2.05, 4.69) is 10.6 Å². The maximum absolute atomic E-state index is 12.8. The van der Waals surface area contributed by atoms with Gasteiger partial charge in [0.1, 0.15) is 12.1 Å². The van der Waals surface area contributed by atoms with E-state index in [0.717, 1.165) is 29.7 Å². The predicted molar refractivity (Wildman–Crippen MR) is 105 cm³/mol. The number of ether oxygens (including phenoxy) is 1. The third-order valence-electron chi connectivity index (χ3n) is 5.73. The number of nitrogens with one attached hydrogen (secondary N) is 2. The van der Waals surface area contributed by atoms with Gasteiger partial charge >= 0.3 is 12.0 Å². The number of carbonyl (C=O) groups is 4. The molecule has 0 radical (unpaired) electrons. The lowest BCUT2D eigenvalue weighted by molar-refractivity contribution is -0.151. The Kier molecular flexibility index (Phi) is 6.51. The molecular formula is C21H27N3O5. The molecule has 1 aromatic rings. The van der Waals surface area contributed by atoms with Crippen LogP contribution in [0.2, 0.25) is 0 Å². The van der Waals surface area contributed by atoms with Gasteiger partial charge in [0.2, 0.25) is 0 Å². The van der Waals surface area contributed by atoms with Crippen molar-refractivity contribution in [1.82, 2.24) is 15.5 Å². The van der Waals surface area contributed by atoms with Crippen LogP contribution in [0.1, 0.15) is 38.2 Å². The fourth-order valence-corrected chi connectivity index (χ4v) is 4.00. The van der Waals surface area contributed by atoms with Crippen LogP contribution in [0.3, 0.4) is 0 Å². The van der Waals surface area contributed by atoms with Crippen molar-refractivity contribution in [1.29, 1.82) is 0 Å². The Labute approximate surface area is 170 Å². The Balaban J connectivity index is 1.42. The Morgan fingerprint density at radius 2 is 2.00 bits per heavy atom. The first-order chi connectivity index (χ1) is 13.9. The minimum Gasteiger partial charge on any atom is -0.454 e. The Bertz CT molecular complexity index is 782. The molecule has 0 bridgehead atoms. The summed E-state index contributed by atoms with van der Waals surface area (Å²) in [4.78, 5) is 49.9. The number of nitrogens with zero attached hydrogens (tertiary/aromatic N) is 1. The number of rotatable bonds is 7. The van der Waals surface area contributed by atoms with Gasteiger partial charge in [-0.1, -0.05) is 50.1 Å². The molecule has 3 rings (SSSR count). The van der Waals surface area contributed by atoms with Crippen molar-refractivity contribution in [3.63, 3.8) is 0 Å². The molecule has 29 heavy (non-hydrogen) atoms. The first-order valence-electron chi connectivity index (χ1n) is 10.0. The van der Waals surface area contributed by atoms with Crippen LogP contribution in [0.15, 0.2) is 30.3 Å². The molecule has 4 amide bonds. The lowest BCUT2D eigenvalue weighted by Crippen LogP contribution is -2.54. The second-order valence-corrected chi connectivity index (χ2v) is 7.69. The van der Waals surface area contributed by atoms with Gasteiger partial charge in [0.15, 0.2) is 6.61 Å². The summed E-state index contributed by atoms with van der Waals surface area (Å²) in [6.07, 6.45) is 3.98. The number of esters is 1. The molecule has 1 spiro atoms. The minimum atomic E-state index is -0.912. The van der Waals surface area contributed by atoms with Crippen LogP contribution >= 0.6 is 0 Å². The topological polar surface area (TPSA) is 105 Å². The van der Waals surface area contributed by atoms with Crippen molar-refractivity contribution in [2.24, 2.45) is 5.92 Å². The summed E-state index contributed by atoms with van der Waals surface area (Å²) >= 11 is 0. The highest BCUT2D eigenvalue weighted by molar-refractivity contribution is 6.09. The van der Waals surface area contributed by atoms with Crippen LogP contribution in [0, 0.1) is 5.92 Å². The molecule has 1 saturated carbocycles. The summed E-state index contributed by atoms with van der Waals surface area (Å²) in [5, 5.41) is 5.46. The van der Waals surface area contributed by atoms with Crippen molar-refractivity contribution < 1.29 is 23.9 Å². The molecule has 2 aliphatic rings. The van der Waals surface area contributed by atoms with Crippen LogP contribution in [0.25, 0.3) is 0 Å². The van der Waals surface area contributed by atoms with Gasteiger partial charge in [-0.05, 0) is 30.7 Å². The third kappa shape index (κ3) is 4.75. The first-order valence-corrected chi connectivity index (χ1v) is 10.0. The second-order valence-electron chi connectivity index (χ2n) is 7.69. The van der Waals surface area contributed by atoms with E-state index in [1.54, 1.807) is 0 Å². The third-order valence-corrected chi connectivity index (χ3v) is 5.73. The second kappa shape index (κ2) is 9.07. The maximum Gasteiger partial charge on any atom is 0.326 e. The maximum atomic E-state index is 12.8. The van der Waals surface area contributed by atoms with Crippen molar-refractivity contribution >= 4 is 23.8 Å². The number of benzene rings is 1. The van der Waals surface area contributed by atoms with Gasteiger partial charge in [-0.25, -0.2) is 4.79 Å². The summed E-state index contributed by atoms with van der Waals surface area (Å²) in [6, 6.07) is 9.12. The summed E-state index contributed by atoms with van der Waals surface area (Å²) in [5.41, 5.74) is 0.180. The molecule has 8 heteroatoms. The molecule has 8 nitrogen and oxygen atoms in total. The summed E-state index contributed by atoms with van der Waals surface area (Å²) < 4.78 is 4.94. The number of urea groups is 1. The standard InChI is InChI=1S/C21H27N3O5/c1-15-7-5-6-11-21(15)19(27)24(20(28)23-21)13-18(26)29-14-17(25)22-12-10-16-8-3-2-4-9-16/h2-4,8-9,15H,5-7,10-14H2,1H3,(H,22,25)(H,23,28)/t15-,21+/m0/s1. The van der Waals surface area contributed by atoms with E-state index in [1.165, 1.54) is 0 Å². The number of imide groups is 1. The molecule has 1 heterocycles. The largest absolute Gasteiger partial charge is 0.454 e. The zero-order chi connectivity index (χ0) is 20.9. The smallest absolute Gasteiger partial charge is 0.326 e. The summed E-state index contributed by atoms with van der Waals surface area (Å²) in [7, 11) is 0. The Morgan fingerprint density at radius 3 is 2.72 bits per heavy atom. The zero-order valence-electron chi connectivity index (χ0n) is 16.6. The molecule has 1 aliphatic carbocycles. The van der Waals surface area contributed by atoms with Crippen molar-refractivity contribution in [3.8, 4) is 0 Å². The van der Waals surface area contributed by atoms with E-state index < -0.39 is 36.6 Å². The van der Waals surface area contributed by atoms with E-state index in [1.807, 2.05) is 37.3 Å². The number of hydrogen-bond acceptors (Lipinski definition) is 5. The number of carbonyl (C=O) groups excluding carboxylic acids is 4. The average molecular weight is 401 g/mol. The quantitative estimate of drug-likeness (QED) is 0.531. The Morgan fingerprint density at radius 1 is 1.24 bits per heavy atom. The highest BCUT2D eigenvalue weighted by atomic mass is 16.5. The lowest BCUT2D eigenvalue weighted by atomic mass is 9.73. The monoisotopic (exact) mass is 401 g/mol. The fourth-order valence-electron chi connectivity index (χ4n) is 4.00. The SMILES string of the molecule is C[C@H]1CCCC[C@@]12NC(=O)N(CC(=O)OCC(=O)NCCc1ccccc1)C2=O. The number of amides is 4. The highest BCUT2D eigenvalue weighted by Gasteiger charge is 2.55. The van der Waals surface area contributed by atoms with Gasteiger partial charge in [0.05, 0.1) is 0 Å². The molecule has 156 valence electrons. The van der Waals surface area contributed by atoms with Crippen LogP contribution in [-0.4, -0.2) is 54.0 Å². The fraction of sp³-hybridized carbons (Fsp3) is 0.524. The molecular weight excluding hydrogens is 374 g/mol. The lowest BCUT2D eigenvalue weighted by Gasteiger charge is -2.36. The summed E-state index contributed by atoms with van der Waals surface area (Å²) in [5.74, 6) is -1.57. The molecule has 1 saturated heterocycles. The Hall–Kier alpha value is -2.90. The minimum absolute atomic E-state index is 0.0177. The predicted octanol–water partition coefficient (Wildman–Crippen LogP) is 1.39.